The third-order valence-electron chi connectivity index (χ3n) is 3.17. The topological polar surface area (TPSA) is 35.1 Å². The van der Waals surface area contributed by atoms with E-state index < -0.39 is 0 Å². The Balaban J connectivity index is 2.04. The van der Waals surface area contributed by atoms with Crippen LogP contribution >= 0.6 is 11.8 Å². The summed E-state index contributed by atoms with van der Waals surface area (Å²) in [6.45, 7) is 2.21. The van der Waals surface area contributed by atoms with Crippen LogP contribution in [0.2, 0.25) is 0 Å². The number of rotatable bonds is 1. The number of hydrogen-bond acceptors (Lipinski definition) is 3. The molecular formula is C13H15N2O2S+. The lowest BCUT2D eigenvalue weighted by atomic mass is 10.3. The molecule has 1 aromatic carbocycles. The van der Waals surface area contributed by atoms with Crippen LogP contribution in [0.3, 0.4) is 0 Å². The lowest BCUT2D eigenvalue weighted by Gasteiger charge is -2.19. The van der Waals surface area contributed by atoms with Crippen LogP contribution in [0.1, 0.15) is 6.92 Å². The molecule has 1 aliphatic rings. The Morgan fingerprint density at radius 1 is 1.50 bits per heavy atom. The molecule has 0 bridgehead atoms. The minimum absolute atomic E-state index is 0.0317. The van der Waals surface area contributed by atoms with Gasteiger partial charge >= 0.3 is 11.1 Å². The molecule has 0 unspecified atom stereocenters. The SMILES string of the molecule is CC(=O)O[C@@H]1CSc2n(c3ccccc3[n+]2C)C1. The summed E-state index contributed by atoms with van der Waals surface area (Å²) < 4.78 is 9.75. The number of aromatic nitrogens is 2. The summed E-state index contributed by atoms with van der Waals surface area (Å²) >= 11 is 1.74. The standard InChI is InChI=1S/C13H15N2O2S/c1-9(16)17-10-7-15-12-6-4-3-5-11(12)14(2)13(15)18-8-10/h3-6,10H,7-8H2,1-2H3/q+1/t10-/m0/s1. The van der Waals surface area contributed by atoms with E-state index in [0.29, 0.717) is 0 Å². The van der Waals surface area contributed by atoms with E-state index >= 15 is 0 Å². The first-order chi connectivity index (χ1) is 8.66. The summed E-state index contributed by atoms with van der Waals surface area (Å²) in [5, 5.41) is 1.22. The van der Waals surface area contributed by atoms with E-state index in [1.165, 1.54) is 23.1 Å². The Kier molecular flexibility index (Phi) is 2.78. The molecule has 2 heterocycles. The van der Waals surface area contributed by atoms with Crippen LogP contribution in [-0.4, -0.2) is 22.4 Å². The maximum absolute atomic E-state index is 11.0. The molecule has 18 heavy (non-hydrogen) atoms. The predicted molar refractivity (Wildman–Crippen MR) is 69.4 cm³/mol. The van der Waals surface area contributed by atoms with Crippen LogP contribution in [0.25, 0.3) is 11.0 Å². The van der Waals surface area contributed by atoms with E-state index in [0.717, 1.165) is 12.3 Å². The van der Waals surface area contributed by atoms with Crippen molar-refractivity contribution in [2.45, 2.75) is 24.7 Å². The zero-order valence-electron chi connectivity index (χ0n) is 10.4. The van der Waals surface area contributed by atoms with E-state index in [4.69, 9.17) is 4.74 Å². The summed E-state index contributed by atoms with van der Waals surface area (Å²) in [5.41, 5.74) is 2.41. The minimum Gasteiger partial charge on any atom is -0.457 e. The molecule has 0 aliphatic carbocycles. The van der Waals surface area contributed by atoms with Gasteiger partial charge in [0.1, 0.15) is 12.6 Å². The van der Waals surface area contributed by atoms with Crippen LogP contribution in [0.5, 0.6) is 0 Å². The minimum atomic E-state index is -0.204. The van der Waals surface area contributed by atoms with Crippen molar-refractivity contribution in [2.24, 2.45) is 7.05 Å². The number of aryl methyl sites for hydroxylation is 1. The van der Waals surface area contributed by atoms with Gasteiger partial charge in [-0.15, -0.1) is 0 Å². The maximum Gasteiger partial charge on any atom is 0.319 e. The molecular weight excluding hydrogens is 248 g/mol. The molecule has 1 aromatic heterocycles. The molecule has 3 rings (SSSR count). The molecule has 2 aromatic rings. The van der Waals surface area contributed by atoms with Crippen molar-refractivity contribution >= 4 is 28.8 Å². The van der Waals surface area contributed by atoms with E-state index in [2.05, 4.69) is 28.3 Å². The van der Waals surface area contributed by atoms with Crippen molar-refractivity contribution in [2.75, 3.05) is 5.75 Å². The molecule has 1 aliphatic heterocycles. The molecule has 0 amide bonds. The van der Waals surface area contributed by atoms with Crippen molar-refractivity contribution in [3.05, 3.63) is 24.3 Å². The van der Waals surface area contributed by atoms with Gasteiger partial charge in [0.25, 0.3) is 0 Å². The van der Waals surface area contributed by atoms with Gasteiger partial charge in [0.2, 0.25) is 0 Å². The smallest absolute Gasteiger partial charge is 0.319 e. The molecule has 94 valence electrons. The van der Waals surface area contributed by atoms with Gasteiger partial charge in [-0.1, -0.05) is 12.1 Å². The Morgan fingerprint density at radius 3 is 3.06 bits per heavy atom. The molecule has 0 fully saturated rings. The highest BCUT2D eigenvalue weighted by atomic mass is 32.2. The fourth-order valence-electron chi connectivity index (χ4n) is 2.44. The van der Waals surface area contributed by atoms with Crippen LogP contribution in [0.4, 0.5) is 0 Å². The third kappa shape index (κ3) is 1.79. The van der Waals surface area contributed by atoms with Gasteiger partial charge < -0.3 is 4.74 Å². The van der Waals surface area contributed by atoms with Gasteiger partial charge in [-0.05, 0) is 23.9 Å². The van der Waals surface area contributed by atoms with Crippen molar-refractivity contribution < 1.29 is 14.1 Å². The Bertz CT molecular complexity index is 621. The van der Waals surface area contributed by atoms with Crippen LogP contribution in [0, 0.1) is 0 Å². The summed E-state index contributed by atoms with van der Waals surface area (Å²) in [6.07, 6.45) is -0.0317. The van der Waals surface area contributed by atoms with Crippen LogP contribution < -0.4 is 4.57 Å². The van der Waals surface area contributed by atoms with Gasteiger partial charge in [0, 0.05) is 12.7 Å². The van der Waals surface area contributed by atoms with Gasteiger partial charge in [-0.3, -0.25) is 4.79 Å². The summed E-state index contributed by atoms with van der Waals surface area (Å²) in [5.74, 6) is 0.619. The number of hydrogen-bond donors (Lipinski definition) is 0. The molecule has 4 nitrogen and oxygen atoms in total. The first-order valence-electron chi connectivity index (χ1n) is 5.94. The second kappa shape index (κ2) is 4.31. The van der Waals surface area contributed by atoms with E-state index in [-0.39, 0.29) is 12.1 Å². The highest BCUT2D eigenvalue weighted by molar-refractivity contribution is 7.99. The quantitative estimate of drug-likeness (QED) is 0.578. The highest BCUT2D eigenvalue weighted by Crippen LogP contribution is 2.28. The monoisotopic (exact) mass is 263 g/mol. The normalized spacial score (nSPS) is 18.7. The number of carbonyl (C=O) groups is 1. The summed E-state index contributed by atoms with van der Waals surface area (Å²) in [6, 6.07) is 8.30. The van der Waals surface area contributed by atoms with Crippen molar-refractivity contribution in [3.8, 4) is 0 Å². The molecule has 0 saturated carbocycles. The van der Waals surface area contributed by atoms with Crippen molar-refractivity contribution in [1.29, 1.82) is 0 Å². The number of esters is 1. The van der Waals surface area contributed by atoms with Crippen molar-refractivity contribution in [3.63, 3.8) is 0 Å². The number of thioether (sulfide) groups is 1. The number of para-hydroxylation sites is 2. The Hall–Kier alpha value is -1.49. The first kappa shape index (κ1) is 11.6. The molecule has 1 atom stereocenters. The molecule has 5 heteroatoms. The van der Waals surface area contributed by atoms with Gasteiger partial charge in [0.15, 0.2) is 11.0 Å². The maximum atomic E-state index is 11.0. The highest BCUT2D eigenvalue weighted by Gasteiger charge is 2.32. The number of benzene rings is 1. The molecule has 0 radical (unpaired) electrons. The van der Waals surface area contributed by atoms with Crippen molar-refractivity contribution in [1.82, 2.24) is 4.57 Å². The summed E-state index contributed by atoms with van der Waals surface area (Å²) in [4.78, 5) is 11.0. The number of ether oxygens (including phenoxy) is 1. The third-order valence-corrected chi connectivity index (χ3v) is 4.46. The van der Waals surface area contributed by atoms with Gasteiger partial charge in [-0.25, -0.2) is 9.13 Å². The second-order valence-electron chi connectivity index (χ2n) is 4.48. The number of carbonyl (C=O) groups excluding carboxylic acids is 1. The zero-order chi connectivity index (χ0) is 12.7. The van der Waals surface area contributed by atoms with Crippen LogP contribution in [0.15, 0.2) is 29.4 Å². The average molecular weight is 263 g/mol. The second-order valence-corrected chi connectivity index (χ2v) is 5.47. The van der Waals surface area contributed by atoms with E-state index in [9.17, 15) is 4.79 Å². The summed E-state index contributed by atoms with van der Waals surface area (Å²) in [7, 11) is 2.08. The average Bonchev–Trinajstić information content (AvgIpc) is 2.63. The molecule has 0 saturated heterocycles. The molecule has 0 N–H and O–H groups in total. The van der Waals surface area contributed by atoms with E-state index in [1.807, 2.05) is 12.1 Å². The molecule has 0 spiro atoms. The predicted octanol–water partition coefficient (Wildman–Crippen LogP) is 1.50. The van der Waals surface area contributed by atoms with Gasteiger partial charge in [-0.2, -0.15) is 0 Å². The number of fused-ring (bicyclic) bond motifs is 3. The zero-order valence-corrected chi connectivity index (χ0v) is 11.2. The lowest BCUT2D eigenvalue weighted by Crippen LogP contribution is -2.35. The largest absolute Gasteiger partial charge is 0.457 e. The van der Waals surface area contributed by atoms with Gasteiger partial charge in [0.05, 0.1) is 7.05 Å². The Labute approximate surface area is 110 Å². The first-order valence-corrected chi connectivity index (χ1v) is 6.92. The number of nitrogens with zero attached hydrogens (tertiary/aromatic N) is 2. The lowest BCUT2D eigenvalue weighted by molar-refractivity contribution is -0.685. The number of imidazole rings is 1. The fourth-order valence-corrected chi connectivity index (χ4v) is 3.57. The van der Waals surface area contributed by atoms with E-state index in [1.54, 1.807) is 11.8 Å². The van der Waals surface area contributed by atoms with Crippen LogP contribution in [-0.2, 0) is 23.1 Å². The fraction of sp³-hybridized carbons (Fsp3) is 0.385. The Morgan fingerprint density at radius 2 is 2.28 bits per heavy atom.